The second kappa shape index (κ2) is 7.63. The molecule has 0 saturated heterocycles. The van der Waals surface area contributed by atoms with E-state index in [1.807, 2.05) is 30.3 Å². The molecule has 0 unspecified atom stereocenters. The first-order valence-electron chi connectivity index (χ1n) is 8.33. The van der Waals surface area contributed by atoms with E-state index < -0.39 is 9.84 Å². The van der Waals surface area contributed by atoms with Crippen molar-refractivity contribution >= 4 is 21.4 Å². The van der Waals surface area contributed by atoms with Crippen LogP contribution in [0.4, 0.5) is 5.69 Å². The molecule has 1 aromatic heterocycles. The first-order chi connectivity index (χ1) is 12.9. The standard InChI is InChI=1S/C19H19N3O4S/c1-2-27(25,26)16-8-9-18(23)17(11-16)21-19(24)10-14-12-20-22(13-14)15-6-4-3-5-7-15/h3-9,11-13,23H,2,10H2,1H3,(H,21,24). The molecular formula is C19H19N3O4S. The molecule has 0 fully saturated rings. The summed E-state index contributed by atoms with van der Waals surface area (Å²) in [6.45, 7) is 1.53. The molecule has 2 aromatic carbocycles. The van der Waals surface area contributed by atoms with Gasteiger partial charge in [-0.15, -0.1) is 0 Å². The van der Waals surface area contributed by atoms with Crippen molar-refractivity contribution in [3.63, 3.8) is 0 Å². The number of anilines is 1. The van der Waals surface area contributed by atoms with Crippen molar-refractivity contribution in [3.8, 4) is 11.4 Å². The SMILES string of the molecule is CCS(=O)(=O)c1ccc(O)c(NC(=O)Cc2cnn(-c3ccccc3)c2)c1. The van der Waals surface area contributed by atoms with Crippen molar-refractivity contribution < 1.29 is 18.3 Å². The van der Waals surface area contributed by atoms with E-state index in [4.69, 9.17) is 0 Å². The van der Waals surface area contributed by atoms with Crippen LogP contribution in [-0.2, 0) is 21.1 Å². The molecule has 1 amide bonds. The van der Waals surface area contributed by atoms with E-state index in [-0.39, 0.29) is 34.4 Å². The molecule has 8 heteroatoms. The zero-order valence-electron chi connectivity index (χ0n) is 14.7. The lowest BCUT2D eigenvalue weighted by atomic mass is 10.2. The minimum atomic E-state index is -3.44. The third-order valence-corrected chi connectivity index (χ3v) is 5.73. The number of aromatic hydroxyl groups is 1. The van der Waals surface area contributed by atoms with Gasteiger partial charge in [0.05, 0.1) is 34.6 Å². The zero-order chi connectivity index (χ0) is 19.4. The Bertz CT molecular complexity index is 1060. The molecule has 140 valence electrons. The number of phenols is 1. The molecule has 0 aliphatic heterocycles. The van der Waals surface area contributed by atoms with E-state index in [9.17, 15) is 18.3 Å². The van der Waals surface area contributed by atoms with Gasteiger partial charge in [0, 0.05) is 6.20 Å². The number of para-hydroxylation sites is 1. The third kappa shape index (κ3) is 4.35. The topological polar surface area (TPSA) is 101 Å². The number of carbonyl (C=O) groups is 1. The highest BCUT2D eigenvalue weighted by Crippen LogP contribution is 2.27. The molecule has 3 aromatic rings. The smallest absolute Gasteiger partial charge is 0.229 e. The Morgan fingerprint density at radius 1 is 1.19 bits per heavy atom. The predicted molar refractivity (Wildman–Crippen MR) is 102 cm³/mol. The lowest BCUT2D eigenvalue weighted by molar-refractivity contribution is -0.115. The summed E-state index contributed by atoms with van der Waals surface area (Å²) in [5.74, 6) is -0.647. The highest BCUT2D eigenvalue weighted by atomic mass is 32.2. The Hall–Kier alpha value is -3.13. The summed E-state index contributed by atoms with van der Waals surface area (Å²) in [5, 5.41) is 16.7. The van der Waals surface area contributed by atoms with Crippen molar-refractivity contribution in [2.75, 3.05) is 11.1 Å². The van der Waals surface area contributed by atoms with E-state index in [0.717, 1.165) is 5.69 Å². The van der Waals surface area contributed by atoms with Gasteiger partial charge in [-0.3, -0.25) is 4.79 Å². The third-order valence-electron chi connectivity index (χ3n) is 4.00. The van der Waals surface area contributed by atoms with Crippen molar-refractivity contribution in [3.05, 3.63) is 66.5 Å². The summed E-state index contributed by atoms with van der Waals surface area (Å²) in [7, 11) is -3.44. The maximum Gasteiger partial charge on any atom is 0.229 e. The van der Waals surface area contributed by atoms with Gasteiger partial charge in [0.15, 0.2) is 9.84 Å². The van der Waals surface area contributed by atoms with Gasteiger partial charge in [-0.05, 0) is 35.9 Å². The fourth-order valence-electron chi connectivity index (χ4n) is 2.53. The Labute approximate surface area is 157 Å². The highest BCUT2D eigenvalue weighted by Gasteiger charge is 2.16. The maximum atomic E-state index is 12.3. The number of hydrogen-bond donors (Lipinski definition) is 2. The van der Waals surface area contributed by atoms with E-state index in [1.54, 1.807) is 17.1 Å². The normalized spacial score (nSPS) is 11.3. The van der Waals surface area contributed by atoms with Crippen molar-refractivity contribution in [2.24, 2.45) is 0 Å². The Morgan fingerprint density at radius 3 is 2.63 bits per heavy atom. The molecule has 0 aliphatic rings. The van der Waals surface area contributed by atoms with Crippen LogP contribution in [0.15, 0.2) is 65.8 Å². The number of phenolic OH excluding ortho intramolecular Hbond substituents is 1. The van der Waals surface area contributed by atoms with Crippen molar-refractivity contribution in [1.29, 1.82) is 0 Å². The number of sulfone groups is 1. The second-order valence-electron chi connectivity index (χ2n) is 5.94. The van der Waals surface area contributed by atoms with Gasteiger partial charge in [0.25, 0.3) is 0 Å². The molecule has 0 aliphatic carbocycles. The number of benzene rings is 2. The summed E-state index contributed by atoms with van der Waals surface area (Å²) < 4.78 is 25.6. The molecule has 2 N–H and O–H groups in total. The molecular weight excluding hydrogens is 366 g/mol. The van der Waals surface area contributed by atoms with E-state index in [1.165, 1.54) is 25.1 Å². The van der Waals surface area contributed by atoms with Crippen LogP contribution in [0.5, 0.6) is 5.75 Å². The average molecular weight is 385 g/mol. The summed E-state index contributed by atoms with van der Waals surface area (Å²) in [6.07, 6.45) is 3.37. The maximum absolute atomic E-state index is 12.3. The van der Waals surface area contributed by atoms with Crippen LogP contribution in [0, 0.1) is 0 Å². The molecule has 0 radical (unpaired) electrons. The van der Waals surface area contributed by atoms with E-state index in [0.29, 0.717) is 5.56 Å². The number of rotatable bonds is 6. The average Bonchev–Trinajstić information content (AvgIpc) is 3.12. The summed E-state index contributed by atoms with van der Waals surface area (Å²) in [6, 6.07) is 13.3. The first-order valence-corrected chi connectivity index (χ1v) is 9.99. The molecule has 0 atom stereocenters. The number of nitrogens with zero attached hydrogens (tertiary/aromatic N) is 2. The summed E-state index contributed by atoms with van der Waals surface area (Å²) >= 11 is 0. The van der Waals surface area contributed by atoms with Gasteiger partial charge in [-0.2, -0.15) is 5.10 Å². The van der Waals surface area contributed by atoms with Crippen molar-refractivity contribution in [2.45, 2.75) is 18.2 Å². The van der Waals surface area contributed by atoms with Crippen molar-refractivity contribution in [1.82, 2.24) is 9.78 Å². The largest absolute Gasteiger partial charge is 0.506 e. The first kappa shape index (κ1) is 18.7. The summed E-state index contributed by atoms with van der Waals surface area (Å²) in [5.41, 5.74) is 1.62. The van der Waals surface area contributed by atoms with Crippen LogP contribution in [-0.4, -0.2) is 35.0 Å². The van der Waals surface area contributed by atoms with E-state index >= 15 is 0 Å². The molecule has 0 spiro atoms. The number of hydrogen-bond acceptors (Lipinski definition) is 5. The number of aromatic nitrogens is 2. The Balaban J connectivity index is 1.73. The molecule has 0 bridgehead atoms. The quantitative estimate of drug-likeness (QED) is 0.635. The van der Waals surface area contributed by atoms with Gasteiger partial charge < -0.3 is 10.4 Å². The van der Waals surface area contributed by atoms with Gasteiger partial charge in [-0.25, -0.2) is 13.1 Å². The minimum Gasteiger partial charge on any atom is -0.506 e. The molecule has 3 rings (SSSR count). The van der Waals surface area contributed by atoms with Crippen LogP contribution >= 0.6 is 0 Å². The van der Waals surface area contributed by atoms with E-state index in [2.05, 4.69) is 10.4 Å². The fourth-order valence-corrected chi connectivity index (χ4v) is 3.43. The van der Waals surface area contributed by atoms with Crippen LogP contribution in [0.2, 0.25) is 0 Å². The lowest BCUT2D eigenvalue weighted by Gasteiger charge is -2.09. The zero-order valence-corrected chi connectivity index (χ0v) is 15.5. The lowest BCUT2D eigenvalue weighted by Crippen LogP contribution is -2.15. The molecule has 1 heterocycles. The minimum absolute atomic E-state index is 0.0387. The number of nitrogens with one attached hydrogen (secondary N) is 1. The van der Waals surface area contributed by atoms with Crippen LogP contribution in [0.25, 0.3) is 5.69 Å². The monoisotopic (exact) mass is 385 g/mol. The summed E-state index contributed by atoms with van der Waals surface area (Å²) in [4.78, 5) is 12.4. The Kier molecular flexibility index (Phi) is 5.27. The van der Waals surface area contributed by atoms with Crippen LogP contribution in [0.1, 0.15) is 12.5 Å². The van der Waals surface area contributed by atoms with Crippen LogP contribution < -0.4 is 5.32 Å². The van der Waals surface area contributed by atoms with Gasteiger partial charge >= 0.3 is 0 Å². The highest BCUT2D eigenvalue weighted by molar-refractivity contribution is 7.91. The van der Waals surface area contributed by atoms with Gasteiger partial charge in [0.2, 0.25) is 5.91 Å². The number of amides is 1. The van der Waals surface area contributed by atoms with Crippen LogP contribution in [0.3, 0.4) is 0 Å². The molecule has 27 heavy (non-hydrogen) atoms. The second-order valence-corrected chi connectivity index (χ2v) is 8.21. The number of carbonyl (C=O) groups excluding carboxylic acids is 1. The molecule has 7 nitrogen and oxygen atoms in total. The Morgan fingerprint density at radius 2 is 1.93 bits per heavy atom. The molecule has 0 saturated carbocycles. The van der Waals surface area contributed by atoms with Gasteiger partial charge in [0.1, 0.15) is 5.75 Å². The van der Waals surface area contributed by atoms with Gasteiger partial charge in [-0.1, -0.05) is 25.1 Å². The predicted octanol–water partition coefficient (Wildman–Crippen LogP) is 2.55. The fraction of sp³-hybridized carbons (Fsp3) is 0.158.